The number of hydrogen-bond acceptors (Lipinski definition) is 5. The molecule has 0 aliphatic carbocycles. The fraction of sp³-hybridized carbons (Fsp3) is 0.272. The van der Waals surface area contributed by atoms with Crippen LogP contribution in [0.25, 0.3) is 89.8 Å². The summed E-state index contributed by atoms with van der Waals surface area (Å²) in [5, 5.41) is 0. The maximum Gasteiger partial charge on any atom is 0.252 e. The average molecular weight is 1430 g/mol. The highest BCUT2D eigenvalue weighted by atomic mass is 15.2. The van der Waals surface area contributed by atoms with Gasteiger partial charge in [-0.25, -0.2) is 15.0 Å². The van der Waals surface area contributed by atoms with Crippen LogP contribution in [0, 0.1) is 0 Å². The van der Waals surface area contributed by atoms with E-state index in [4.69, 9.17) is 23.2 Å². The van der Waals surface area contributed by atoms with Crippen molar-refractivity contribution in [3.63, 3.8) is 0 Å². The molecule has 109 heavy (non-hydrogen) atoms. The molecule has 0 bridgehead atoms. The maximum atomic E-state index is 9.62. The summed E-state index contributed by atoms with van der Waals surface area (Å²) in [7, 11) is 0. The van der Waals surface area contributed by atoms with Crippen LogP contribution in [0.1, 0.15) is 198 Å². The van der Waals surface area contributed by atoms with E-state index in [1.807, 2.05) is 18.2 Å². The summed E-state index contributed by atoms with van der Waals surface area (Å²) in [6, 6.07) is 68.0. The van der Waals surface area contributed by atoms with Crippen molar-refractivity contribution in [2.24, 2.45) is 0 Å². The lowest BCUT2D eigenvalue weighted by Crippen LogP contribution is -2.61. The highest BCUT2D eigenvalue weighted by Crippen LogP contribution is 2.56. The Hall–Kier alpha value is -10.7. The lowest BCUT2D eigenvalue weighted by atomic mass is 9.33. The molecule has 0 saturated carbocycles. The third-order valence-corrected chi connectivity index (χ3v) is 21.9. The summed E-state index contributed by atoms with van der Waals surface area (Å²) in [5.74, 6) is -0.786. The Morgan fingerprint density at radius 2 is 0.532 bits per heavy atom. The summed E-state index contributed by atoms with van der Waals surface area (Å²) in [6.07, 6.45) is 0. The fourth-order valence-electron chi connectivity index (χ4n) is 15.3. The second-order valence-corrected chi connectivity index (χ2v) is 37.2. The minimum Gasteiger partial charge on any atom is -0.310 e. The standard InChI is InChI=1S/C103H106BN5/c1-97(2,3)74-51-72(52-75(57-74)98(4,5)6)70-47-49-85-87(55-70)108(92-81(65-37-27-22-28-38-65)59-78(101(13,14)15)60-82(92)66-39-29-23-30-40-66)89-63-80(103(19,20)21)64-90-91(89)104(85)86-50-48-71(73-53-76(99(7,8)9)58-77(54-73)100(10,11)12)56-88(86)109(90)93-83(67-41-31-24-32-42-67)61-79(102(16,17)18)62-84(93)96-106-94(68-43-33-25-34-44-68)105-95(107-96)69-45-35-26-36-46-69/h22-64H,1-21H3/i25D,26D,33D,34D,35D,36D,43D,44D,45D,46D. The van der Waals surface area contributed by atoms with Crippen LogP contribution < -0.4 is 26.2 Å². The lowest BCUT2D eigenvalue weighted by Gasteiger charge is -2.46. The van der Waals surface area contributed by atoms with Crippen molar-refractivity contribution in [1.29, 1.82) is 0 Å². The van der Waals surface area contributed by atoms with E-state index in [1.54, 1.807) is 0 Å². The first-order chi connectivity index (χ1) is 55.6. The van der Waals surface area contributed by atoms with Gasteiger partial charge < -0.3 is 9.80 Å². The Bertz CT molecular complexity index is 6020. The number of fused-ring (bicyclic) bond motifs is 4. The van der Waals surface area contributed by atoms with E-state index >= 15 is 0 Å². The average Bonchev–Trinajstić information content (AvgIpc) is 0.683. The molecule has 15 rings (SSSR count). The van der Waals surface area contributed by atoms with Crippen molar-refractivity contribution in [3.05, 3.63) is 300 Å². The molecule has 3 heterocycles. The minimum atomic E-state index is -0.635. The minimum absolute atomic E-state index is 0.0566. The Labute approximate surface area is 664 Å². The van der Waals surface area contributed by atoms with Gasteiger partial charge in [0.15, 0.2) is 17.5 Å². The smallest absolute Gasteiger partial charge is 0.252 e. The number of hydrogen-bond donors (Lipinski definition) is 0. The SMILES string of the molecule is [2H]c1c([2H])c([2H])c(-c2nc(-c3cc(C(C)(C)C)cc(-c4ccccc4)c3N3c4cc(-c5cc(C(C)(C)C)cc(C(C)(C)C)c5)ccc4B4c5ccc(-c6cc(C(C)(C)C)cc(C(C)(C)C)c6)cc5N(c5c(-c6ccccc6)cc(C(C)(C)C)cc5-c5ccccc5)c5cc(C(C)(C)C)cc3c54)nc(-c3c([2H])c([2H])c([2H])c([2H])c3[2H])n2)c([2H])c1[2H]. The number of rotatable bonds is 10. The molecule has 546 valence electrons. The Balaban J connectivity index is 1.19. The normalized spacial score (nSPS) is 14.6. The van der Waals surface area contributed by atoms with Crippen LogP contribution in [0.5, 0.6) is 0 Å². The maximum absolute atomic E-state index is 9.62. The molecule has 1 aromatic heterocycles. The van der Waals surface area contributed by atoms with E-state index in [-0.39, 0.29) is 55.7 Å². The Morgan fingerprint density at radius 1 is 0.248 bits per heavy atom. The Kier molecular flexibility index (Phi) is 15.5. The second kappa shape index (κ2) is 27.2. The molecule has 0 spiro atoms. The topological polar surface area (TPSA) is 45.2 Å². The predicted molar refractivity (Wildman–Crippen MR) is 468 cm³/mol. The number of anilines is 6. The molecule has 0 unspecified atom stereocenters. The highest BCUT2D eigenvalue weighted by Gasteiger charge is 2.47. The zero-order valence-corrected chi connectivity index (χ0v) is 67.4. The van der Waals surface area contributed by atoms with Crippen molar-refractivity contribution in [1.82, 2.24) is 15.0 Å². The number of benzene rings is 12. The molecule has 0 amide bonds. The summed E-state index contributed by atoms with van der Waals surface area (Å²) in [5.41, 5.74) is 23.5. The largest absolute Gasteiger partial charge is 0.310 e. The van der Waals surface area contributed by atoms with Crippen LogP contribution in [0.15, 0.2) is 261 Å². The van der Waals surface area contributed by atoms with E-state index < -0.39 is 78.0 Å². The lowest BCUT2D eigenvalue weighted by molar-refractivity contribution is 0.568. The number of nitrogens with zero attached hydrogens (tertiary/aromatic N) is 5. The Morgan fingerprint density at radius 3 is 0.853 bits per heavy atom. The van der Waals surface area contributed by atoms with Gasteiger partial charge in [-0.1, -0.05) is 357 Å². The first-order valence-corrected chi connectivity index (χ1v) is 38.4. The first-order valence-electron chi connectivity index (χ1n) is 43.4. The molecule has 0 atom stereocenters. The van der Waals surface area contributed by atoms with E-state index in [1.165, 1.54) is 27.8 Å². The van der Waals surface area contributed by atoms with E-state index in [0.29, 0.717) is 11.3 Å². The van der Waals surface area contributed by atoms with Crippen LogP contribution in [-0.4, -0.2) is 21.7 Å². The van der Waals surface area contributed by atoms with Crippen molar-refractivity contribution in [2.75, 3.05) is 9.80 Å². The van der Waals surface area contributed by atoms with Crippen molar-refractivity contribution >= 4 is 57.2 Å². The van der Waals surface area contributed by atoms with Crippen LogP contribution >= 0.6 is 0 Å². The molecule has 13 aromatic rings. The molecule has 0 fully saturated rings. The molecular weight excluding hydrogens is 1320 g/mol. The molecule has 5 nitrogen and oxygen atoms in total. The molecule has 2 aliphatic rings. The molecule has 0 saturated heterocycles. The molecule has 0 N–H and O–H groups in total. The van der Waals surface area contributed by atoms with Crippen LogP contribution in [0.2, 0.25) is 0 Å². The second-order valence-electron chi connectivity index (χ2n) is 37.2. The van der Waals surface area contributed by atoms with Crippen LogP contribution in [0.3, 0.4) is 0 Å². The van der Waals surface area contributed by atoms with Gasteiger partial charge in [0.25, 0.3) is 6.71 Å². The summed E-state index contributed by atoms with van der Waals surface area (Å²) in [4.78, 5) is 20.7. The van der Waals surface area contributed by atoms with Gasteiger partial charge in [-0.05, 0) is 181 Å². The summed E-state index contributed by atoms with van der Waals surface area (Å²) < 4.78 is 92.6. The van der Waals surface area contributed by atoms with Gasteiger partial charge >= 0.3 is 0 Å². The van der Waals surface area contributed by atoms with E-state index in [0.717, 1.165) is 112 Å². The molecule has 12 aromatic carbocycles. The zero-order valence-electron chi connectivity index (χ0n) is 77.4. The van der Waals surface area contributed by atoms with Crippen molar-refractivity contribution < 1.29 is 13.7 Å². The fourth-order valence-corrected chi connectivity index (χ4v) is 15.3. The molecule has 2 aliphatic heterocycles. The van der Waals surface area contributed by atoms with Crippen LogP contribution in [0.4, 0.5) is 34.1 Å². The van der Waals surface area contributed by atoms with Gasteiger partial charge in [0.2, 0.25) is 0 Å². The van der Waals surface area contributed by atoms with Crippen LogP contribution in [-0.2, 0) is 37.9 Å². The third-order valence-electron chi connectivity index (χ3n) is 21.9. The van der Waals surface area contributed by atoms with E-state index in [2.05, 4.69) is 337 Å². The predicted octanol–water partition coefficient (Wildman–Crippen LogP) is 26.4. The van der Waals surface area contributed by atoms with Gasteiger partial charge in [-0.15, -0.1) is 0 Å². The third kappa shape index (κ3) is 14.2. The van der Waals surface area contributed by atoms with Gasteiger partial charge in [0, 0.05) is 56.1 Å². The molecular formula is C103H106BN5. The summed E-state index contributed by atoms with van der Waals surface area (Å²) >= 11 is 0. The number of aromatic nitrogens is 3. The molecule has 6 heteroatoms. The molecule has 0 radical (unpaired) electrons. The van der Waals surface area contributed by atoms with Gasteiger partial charge in [-0.2, -0.15) is 0 Å². The highest BCUT2D eigenvalue weighted by molar-refractivity contribution is 7.00. The monoisotopic (exact) mass is 1430 g/mol. The summed E-state index contributed by atoms with van der Waals surface area (Å²) in [6.45, 7) is 47.0. The van der Waals surface area contributed by atoms with Crippen molar-refractivity contribution in [3.8, 4) is 89.8 Å². The van der Waals surface area contributed by atoms with Gasteiger partial charge in [0.1, 0.15) is 0 Å². The van der Waals surface area contributed by atoms with E-state index in [9.17, 15) is 5.48 Å². The van der Waals surface area contributed by atoms with Gasteiger partial charge in [0.05, 0.1) is 25.1 Å². The van der Waals surface area contributed by atoms with Crippen molar-refractivity contribution in [2.45, 2.75) is 183 Å². The quantitative estimate of drug-likeness (QED) is 0.128. The zero-order chi connectivity index (χ0) is 85.9. The first kappa shape index (κ1) is 62.2. The van der Waals surface area contributed by atoms with Gasteiger partial charge in [-0.3, -0.25) is 0 Å².